The van der Waals surface area contributed by atoms with Gasteiger partial charge < -0.3 is 5.73 Å². The molecule has 0 amide bonds. The smallest absolute Gasteiger partial charge is 0.168 e. The summed E-state index contributed by atoms with van der Waals surface area (Å²) in [6, 6.07) is 4.86. The van der Waals surface area contributed by atoms with Crippen LogP contribution in [0.25, 0.3) is 16.8 Å². The molecule has 2 N–H and O–H groups in total. The number of nitrogens with zero attached hydrogens (tertiary/aromatic N) is 3. The number of benzene rings is 3. The van der Waals surface area contributed by atoms with Gasteiger partial charge in [0.25, 0.3) is 0 Å². The van der Waals surface area contributed by atoms with E-state index in [4.69, 9.17) is 21.4 Å². The van der Waals surface area contributed by atoms with Crippen molar-refractivity contribution in [3.05, 3.63) is 85.0 Å². The molecule has 0 aromatic heterocycles. The van der Waals surface area contributed by atoms with Gasteiger partial charge in [0.2, 0.25) is 0 Å². The summed E-state index contributed by atoms with van der Waals surface area (Å²) in [5.74, 6) is -7.57. The molecule has 0 bridgehead atoms. The summed E-state index contributed by atoms with van der Waals surface area (Å²) in [5.41, 5.74) is -1.92. The predicted octanol–water partition coefficient (Wildman–Crippen LogP) is 2.24. The van der Waals surface area contributed by atoms with Crippen molar-refractivity contribution in [1.29, 1.82) is 15.8 Å². The number of allylic oxidation sites excluding steroid dienone is 5. The standard InChI is InChI=1S/C29H16B2F6N4P4/c1-6-19(32)23(36)13(29(45)27(6)43)8(3-38)11-12(9(4-39)14-24(37)26(42)7(2)20(33)28(14)44)15(11)25(41)16-18(31)21(34)10(5-40)17(30)22(16)35/h41-45H2,1-2H3. The average Bonchev–Trinajstić information content (AvgIpc) is 3.75. The molecule has 3 aromatic rings. The average molecular weight is 680 g/mol. The molecule has 4 unspecified atom stereocenters. The Labute approximate surface area is 266 Å². The Hall–Kier alpha value is -3.42. The van der Waals surface area contributed by atoms with Gasteiger partial charge in [-0.25, -0.2) is 26.3 Å². The van der Waals surface area contributed by atoms with Crippen molar-refractivity contribution in [3.63, 3.8) is 0 Å². The molecule has 220 valence electrons. The highest BCUT2D eigenvalue weighted by Crippen LogP contribution is 2.55. The minimum Gasteiger partial charge on any atom is -0.398 e. The molecule has 45 heavy (non-hydrogen) atoms. The molecule has 4 atom stereocenters. The van der Waals surface area contributed by atoms with Gasteiger partial charge >= 0.3 is 0 Å². The highest BCUT2D eigenvalue weighted by molar-refractivity contribution is 7.36. The molecule has 1 fully saturated rings. The first kappa shape index (κ1) is 34.5. The molecule has 16 heteroatoms. The molecule has 1 saturated carbocycles. The van der Waals surface area contributed by atoms with Crippen LogP contribution in [0.4, 0.5) is 26.3 Å². The second-order valence-electron chi connectivity index (χ2n) is 9.74. The molecule has 0 spiro atoms. The normalized spacial score (nSPS) is 15.7. The third-order valence-electron chi connectivity index (χ3n) is 7.41. The van der Waals surface area contributed by atoms with Gasteiger partial charge in [-0.05, 0) is 46.5 Å². The van der Waals surface area contributed by atoms with E-state index in [-0.39, 0.29) is 38.2 Å². The number of nitriles is 3. The van der Waals surface area contributed by atoms with Crippen LogP contribution in [0.1, 0.15) is 33.4 Å². The second kappa shape index (κ2) is 12.4. The van der Waals surface area contributed by atoms with Crippen LogP contribution in [0.3, 0.4) is 0 Å². The minimum atomic E-state index is -1.46. The molecule has 4 nitrogen and oxygen atoms in total. The monoisotopic (exact) mass is 680 g/mol. The van der Waals surface area contributed by atoms with Crippen LogP contribution in [0.15, 0.2) is 16.7 Å². The van der Waals surface area contributed by atoms with Crippen molar-refractivity contribution >= 4 is 102 Å². The SMILES string of the molecule is [B]c1c(F)c(C(N)=C2C(=C(C#N)c3c(F)c(P)c(C)c(F)c3P)C2=C(C#N)c2c(F)c(F)c(C)c(P)c2P)c([B])c(F)c1C#N. The molecular formula is C29H16B2F6N4P4. The highest BCUT2D eigenvalue weighted by Gasteiger charge is 2.44. The zero-order valence-corrected chi connectivity index (χ0v) is 27.8. The van der Waals surface area contributed by atoms with E-state index in [2.05, 4.69) is 18.5 Å². The van der Waals surface area contributed by atoms with Crippen LogP contribution in [0, 0.1) is 82.7 Å². The van der Waals surface area contributed by atoms with Crippen LogP contribution >= 0.6 is 37.0 Å². The highest BCUT2D eigenvalue weighted by atomic mass is 31.0. The lowest BCUT2D eigenvalue weighted by Crippen LogP contribution is -2.30. The Morgan fingerprint density at radius 2 is 1.07 bits per heavy atom. The summed E-state index contributed by atoms with van der Waals surface area (Å²) < 4.78 is 91.8. The van der Waals surface area contributed by atoms with Gasteiger partial charge in [0, 0.05) is 49.7 Å². The Balaban J connectivity index is 2.32. The van der Waals surface area contributed by atoms with E-state index >= 15 is 17.6 Å². The number of rotatable bonds is 3. The molecule has 1 aliphatic rings. The topological polar surface area (TPSA) is 97.4 Å². The lowest BCUT2D eigenvalue weighted by Gasteiger charge is -2.14. The first-order valence-corrected chi connectivity index (χ1v) is 14.6. The largest absolute Gasteiger partial charge is 0.398 e. The summed E-state index contributed by atoms with van der Waals surface area (Å²) in [6.45, 7) is 2.59. The summed E-state index contributed by atoms with van der Waals surface area (Å²) in [4.78, 5) is 0. The van der Waals surface area contributed by atoms with Gasteiger partial charge in [0.15, 0.2) is 11.6 Å². The van der Waals surface area contributed by atoms with Crippen LogP contribution < -0.4 is 37.9 Å². The van der Waals surface area contributed by atoms with Crippen LogP contribution in [0.2, 0.25) is 0 Å². The summed E-state index contributed by atoms with van der Waals surface area (Å²) in [6.07, 6.45) is 0. The lowest BCUT2D eigenvalue weighted by molar-refractivity contribution is 0.503. The fourth-order valence-electron chi connectivity index (χ4n) is 4.84. The van der Waals surface area contributed by atoms with E-state index in [1.807, 2.05) is 18.5 Å². The van der Waals surface area contributed by atoms with Gasteiger partial charge in [-0.15, -0.1) is 37.0 Å². The van der Waals surface area contributed by atoms with Gasteiger partial charge in [-0.3, -0.25) is 0 Å². The maximum Gasteiger partial charge on any atom is 0.168 e. The van der Waals surface area contributed by atoms with Crippen LogP contribution in [-0.4, -0.2) is 15.7 Å². The predicted molar refractivity (Wildman–Crippen MR) is 178 cm³/mol. The van der Waals surface area contributed by atoms with E-state index in [0.717, 1.165) is 0 Å². The molecule has 0 saturated heterocycles. The number of halogens is 6. The molecule has 4 rings (SSSR count). The number of hydrogen-bond donors (Lipinski definition) is 1. The summed E-state index contributed by atoms with van der Waals surface area (Å²) in [7, 11) is 19.8. The second-order valence-corrected chi connectivity index (χ2v) is 12.0. The first-order chi connectivity index (χ1) is 21.0. The van der Waals surface area contributed by atoms with E-state index in [9.17, 15) is 24.6 Å². The van der Waals surface area contributed by atoms with Crippen LogP contribution in [-0.2, 0) is 0 Å². The van der Waals surface area contributed by atoms with Crippen molar-refractivity contribution in [1.82, 2.24) is 0 Å². The fourth-order valence-corrected chi connectivity index (χ4v) is 6.35. The zero-order valence-electron chi connectivity index (χ0n) is 23.2. The minimum absolute atomic E-state index is 0.00836. The van der Waals surface area contributed by atoms with Crippen molar-refractivity contribution in [2.45, 2.75) is 13.8 Å². The number of hydrogen-bond acceptors (Lipinski definition) is 4. The summed E-state index contributed by atoms with van der Waals surface area (Å²) in [5, 5.41) is 29.3. The molecule has 0 heterocycles. The van der Waals surface area contributed by atoms with Gasteiger partial charge in [0.05, 0.1) is 16.7 Å². The molecule has 0 aliphatic heterocycles. The first-order valence-electron chi connectivity index (χ1n) is 12.3. The van der Waals surface area contributed by atoms with E-state index in [0.29, 0.717) is 0 Å². The van der Waals surface area contributed by atoms with E-state index in [1.54, 1.807) is 12.1 Å². The Morgan fingerprint density at radius 3 is 1.56 bits per heavy atom. The fraction of sp³-hybridized carbons (Fsp3) is 0.0690. The number of nitrogens with two attached hydrogens (primary N) is 1. The Morgan fingerprint density at radius 1 is 0.578 bits per heavy atom. The van der Waals surface area contributed by atoms with Crippen molar-refractivity contribution in [3.8, 4) is 18.2 Å². The molecule has 1 aliphatic carbocycles. The van der Waals surface area contributed by atoms with E-state index < -0.39 is 95.8 Å². The Kier molecular flexibility index (Phi) is 9.50. The quantitative estimate of drug-likeness (QED) is 0.199. The van der Waals surface area contributed by atoms with Crippen molar-refractivity contribution in [2.75, 3.05) is 0 Å². The molecular weight excluding hydrogens is 664 g/mol. The van der Waals surface area contributed by atoms with Crippen molar-refractivity contribution < 1.29 is 26.3 Å². The molecule has 4 radical (unpaired) electrons. The van der Waals surface area contributed by atoms with Gasteiger partial charge in [-0.2, -0.15) is 15.8 Å². The van der Waals surface area contributed by atoms with Gasteiger partial charge in [0.1, 0.15) is 57.2 Å². The van der Waals surface area contributed by atoms with Gasteiger partial charge in [-0.1, -0.05) is 0 Å². The maximum atomic E-state index is 15.7. The summed E-state index contributed by atoms with van der Waals surface area (Å²) >= 11 is 0. The third-order valence-corrected chi connectivity index (χ3v) is 10.3. The Bertz CT molecular complexity index is 1970. The lowest BCUT2D eigenvalue weighted by atomic mass is 9.79. The molecule has 3 aromatic carbocycles. The van der Waals surface area contributed by atoms with Crippen LogP contribution in [0.5, 0.6) is 0 Å². The van der Waals surface area contributed by atoms with E-state index in [1.165, 1.54) is 19.9 Å². The zero-order chi connectivity index (χ0) is 34.0. The maximum absolute atomic E-state index is 15.7. The van der Waals surface area contributed by atoms with Crippen molar-refractivity contribution in [2.24, 2.45) is 5.73 Å². The third kappa shape index (κ3) is 5.12.